The zero-order valence-electron chi connectivity index (χ0n) is 9.01. The fourth-order valence-corrected chi connectivity index (χ4v) is 2.26. The highest BCUT2D eigenvalue weighted by Gasteiger charge is 2.14. The average molecular weight is 305 g/mol. The monoisotopic (exact) mass is 303 g/mol. The third-order valence-corrected chi connectivity index (χ3v) is 4.00. The van der Waals surface area contributed by atoms with Crippen molar-refractivity contribution in [3.05, 3.63) is 33.3 Å². The van der Waals surface area contributed by atoms with Gasteiger partial charge in [0.15, 0.2) is 0 Å². The molecule has 0 bridgehead atoms. The van der Waals surface area contributed by atoms with Gasteiger partial charge in [0.1, 0.15) is 0 Å². The van der Waals surface area contributed by atoms with E-state index in [9.17, 15) is 0 Å². The molecule has 1 aliphatic rings. The molecular formula is C12H15BrClNO. The number of halogens is 2. The van der Waals surface area contributed by atoms with Gasteiger partial charge in [0.2, 0.25) is 0 Å². The van der Waals surface area contributed by atoms with Gasteiger partial charge in [-0.2, -0.15) is 0 Å². The van der Waals surface area contributed by atoms with Crippen LogP contribution in [0.25, 0.3) is 0 Å². The molecule has 0 radical (unpaired) electrons. The minimum absolute atomic E-state index is 0.672. The highest BCUT2D eigenvalue weighted by molar-refractivity contribution is 9.10. The predicted octanol–water partition coefficient (Wildman–Crippen LogP) is 3.23. The largest absolute Gasteiger partial charge is 0.381 e. The molecule has 1 saturated heterocycles. The van der Waals surface area contributed by atoms with Crippen LogP contribution in [-0.2, 0) is 11.3 Å². The van der Waals surface area contributed by atoms with Crippen LogP contribution in [0.1, 0.15) is 12.0 Å². The molecule has 1 atom stereocenters. The predicted molar refractivity (Wildman–Crippen MR) is 69.8 cm³/mol. The summed E-state index contributed by atoms with van der Waals surface area (Å²) in [4.78, 5) is 0. The quantitative estimate of drug-likeness (QED) is 0.922. The minimum atomic E-state index is 0.672. The second-order valence-electron chi connectivity index (χ2n) is 4.11. The van der Waals surface area contributed by atoms with Crippen molar-refractivity contribution < 1.29 is 4.74 Å². The number of nitrogens with one attached hydrogen (secondary N) is 1. The maximum atomic E-state index is 6.03. The molecular weight excluding hydrogens is 289 g/mol. The van der Waals surface area contributed by atoms with Gasteiger partial charge in [0.25, 0.3) is 0 Å². The number of hydrogen-bond donors (Lipinski definition) is 1. The molecule has 4 heteroatoms. The lowest BCUT2D eigenvalue weighted by Gasteiger charge is -2.09. The van der Waals surface area contributed by atoms with Gasteiger partial charge < -0.3 is 10.1 Å². The number of benzene rings is 1. The van der Waals surface area contributed by atoms with Crippen LogP contribution >= 0.6 is 27.5 Å². The van der Waals surface area contributed by atoms with Gasteiger partial charge in [-0.1, -0.05) is 17.7 Å². The summed E-state index contributed by atoms with van der Waals surface area (Å²) >= 11 is 9.41. The van der Waals surface area contributed by atoms with Crippen LogP contribution in [0.15, 0.2) is 22.7 Å². The molecule has 1 N–H and O–H groups in total. The van der Waals surface area contributed by atoms with E-state index < -0.39 is 0 Å². The summed E-state index contributed by atoms with van der Waals surface area (Å²) in [7, 11) is 0. The van der Waals surface area contributed by atoms with E-state index in [-0.39, 0.29) is 0 Å². The Labute approximate surface area is 109 Å². The Morgan fingerprint density at radius 3 is 3.06 bits per heavy atom. The Bertz CT molecular complexity index is 353. The Hall–Kier alpha value is -0.0900. The molecule has 1 aliphatic heterocycles. The van der Waals surface area contributed by atoms with Crippen LogP contribution in [0, 0.1) is 5.92 Å². The molecule has 1 fully saturated rings. The van der Waals surface area contributed by atoms with Crippen molar-refractivity contribution >= 4 is 27.5 Å². The zero-order chi connectivity index (χ0) is 11.4. The van der Waals surface area contributed by atoms with Gasteiger partial charge >= 0.3 is 0 Å². The van der Waals surface area contributed by atoms with Crippen molar-refractivity contribution in [1.82, 2.24) is 5.32 Å². The SMILES string of the molecule is Clc1cc(CNCC2CCOC2)ccc1Br. The van der Waals surface area contributed by atoms with E-state index in [1.165, 1.54) is 12.0 Å². The Kier molecular flexibility index (Phi) is 4.65. The standard InChI is InChI=1S/C12H15BrClNO/c13-11-2-1-9(5-12(11)14)6-15-7-10-3-4-16-8-10/h1-2,5,10,15H,3-4,6-8H2. The van der Waals surface area contributed by atoms with Crippen molar-refractivity contribution in [2.45, 2.75) is 13.0 Å². The highest BCUT2D eigenvalue weighted by Crippen LogP contribution is 2.23. The van der Waals surface area contributed by atoms with E-state index in [1.54, 1.807) is 0 Å². The molecule has 0 spiro atoms. The summed E-state index contributed by atoms with van der Waals surface area (Å²) in [5, 5.41) is 4.20. The van der Waals surface area contributed by atoms with Crippen LogP contribution in [0.4, 0.5) is 0 Å². The summed E-state index contributed by atoms with van der Waals surface area (Å²) in [6.45, 7) is 3.70. The maximum absolute atomic E-state index is 6.03. The molecule has 1 aromatic rings. The molecule has 88 valence electrons. The molecule has 0 aliphatic carbocycles. The van der Waals surface area contributed by atoms with Gasteiger partial charge in [-0.15, -0.1) is 0 Å². The first-order chi connectivity index (χ1) is 7.75. The molecule has 2 rings (SSSR count). The molecule has 2 nitrogen and oxygen atoms in total. The third kappa shape index (κ3) is 3.45. The van der Waals surface area contributed by atoms with E-state index in [2.05, 4.69) is 27.3 Å². The first-order valence-corrected chi connectivity index (χ1v) is 6.65. The van der Waals surface area contributed by atoms with Gasteiger partial charge in [-0.05, 0) is 46.0 Å². The fraction of sp³-hybridized carbons (Fsp3) is 0.500. The lowest BCUT2D eigenvalue weighted by molar-refractivity contribution is 0.185. The Morgan fingerprint density at radius 2 is 2.38 bits per heavy atom. The molecule has 1 unspecified atom stereocenters. The van der Waals surface area contributed by atoms with E-state index in [1.807, 2.05) is 12.1 Å². The van der Waals surface area contributed by atoms with Crippen molar-refractivity contribution in [2.75, 3.05) is 19.8 Å². The average Bonchev–Trinajstić information content (AvgIpc) is 2.76. The van der Waals surface area contributed by atoms with Gasteiger partial charge in [0.05, 0.1) is 11.6 Å². The highest BCUT2D eigenvalue weighted by atomic mass is 79.9. The van der Waals surface area contributed by atoms with Crippen LogP contribution in [0.5, 0.6) is 0 Å². The minimum Gasteiger partial charge on any atom is -0.381 e. The second kappa shape index (κ2) is 6.01. The maximum Gasteiger partial charge on any atom is 0.0551 e. The summed E-state index contributed by atoms with van der Waals surface area (Å²) in [6, 6.07) is 6.05. The summed E-state index contributed by atoms with van der Waals surface area (Å²) in [5.74, 6) is 0.672. The van der Waals surface area contributed by atoms with Crippen LogP contribution in [0.3, 0.4) is 0 Å². The molecule has 1 heterocycles. The number of ether oxygens (including phenoxy) is 1. The zero-order valence-corrected chi connectivity index (χ0v) is 11.4. The van der Waals surface area contributed by atoms with Crippen molar-refractivity contribution in [3.8, 4) is 0 Å². The van der Waals surface area contributed by atoms with E-state index in [4.69, 9.17) is 16.3 Å². The second-order valence-corrected chi connectivity index (χ2v) is 5.37. The van der Waals surface area contributed by atoms with Gasteiger partial charge in [0, 0.05) is 24.2 Å². The lowest BCUT2D eigenvalue weighted by atomic mass is 10.1. The first kappa shape index (κ1) is 12.4. The van der Waals surface area contributed by atoms with Crippen LogP contribution in [0.2, 0.25) is 5.02 Å². The summed E-state index contributed by atoms with van der Waals surface area (Å²) in [5.41, 5.74) is 1.21. The smallest absolute Gasteiger partial charge is 0.0551 e. The molecule has 0 saturated carbocycles. The molecule has 1 aromatic carbocycles. The fourth-order valence-electron chi connectivity index (χ4n) is 1.81. The molecule has 0 amide bonds. The lowest BCUT2D eigenvalue weighted by Crippen LogP contribution is -2.22. The Balaban J connectivity index is 1.78. The van der Waals surface area contributed by atoms with Crippen molar-refractivity contribution in [2.24, 2.45) is 5.92 Å². The summed E-state index contributed by atoms with van der Waals surface area (Å²) in [6.07, 6.45) is 1.17. The Morgan fingerprint density at radius 1 is 1.50 bits per heavy atom. The summed E-state index contributed by atoms with van der Waals surface area (Å²) < 4.78 is 6.27. The van der Waals surface area contributed by atoms with Gasteiger partial charge in [-0.25, -0.2) is 0 Å². The third-order valence-electron chi connectivity index (χ3n) is 2.77. The normalized spacial score (nSPS) is 20.2. The number of hydrogen-bond acceptors (Lipinski definition) is 2. The first-order valence-electron chi connectivity index (χ1n) is 5.48. The van der Waals surface area contributed by atoms with Crippen LogP contribution in [-0.4, -0.2) is 19.8 Å². The van der Waals surface area contributed by atoms with E-state index in [0.29, 0.717) is 5.92 Å². The van der Waals surface area contributed by atoms with E-state index in [0.717, 1.165) is 35.8 Å². The van der Waals surface area contributed by atoms with E-state index >= 15 is 0 Å². The molecule has 16 heavy (non-hydrogen) atoms. The van der Waals surface area contributed by atoms with Crippen LogP contribution < -0.4 is 5.32 Å². The number of rotatable bonds is 4. The van der Waals surface area contributed by atoms with Crippen molar-refractivity contribution in [1.29, 1.82) is 0 Å². The van der Waals surface area contributed by atoms with Gasteiger partial charge in [-0.3, -0.25) is 0 Å². The van der Waals surface area contributed by atoms with Crippen molar-refractivity contribution in [3.63, 3.8) is 0 Å². The molecule has 0 aromatic heterocycles. The topological polar surface area (TPSA) is 21.3 Å².